The first kappa shape index (κ1) is 13.6. The lowest BCUT2D eigenvalue weighted by atomic mass is 9.71. The Morgan fingerprint density at radius 2 is 2.04 bits per heavy atom. The summed E-state index contributed by atoms with van der Waals surface area (Å²) in [5, 5.41) is 0. The Morgan fingerprint density at radius 1 is 1.22 bits per heavy atom. The van der Waals surface area contributed by atoms with Crippen LogP contribution < -0.4 is 9.47 Å². The molecule has 4 nitrogen and oxygen atoms in total. The van der Waals surface area contributed by atoms with E-state index in [1.807, 2.05) is 0 Å². The minimum Gasteiger partial charge on any atom is -0.486 e. The smallest absolute Gasteiger partial charge is 0.161 e. The van der Waals surface area contributed by atoms with Crippen LogP contribution in [0.2, 0.25) is 0 Å². The minimum absolute atomic E-state index is 0.0567. The van der Waals surface area contributed by atoms with Crippen molar-refractivity contribution >= 4 is 0 Å². The summed E-state index contributed by atoms with van der Waals surface area (Å²) in [6.45, 7) is 3.37. The number of rotatable bonds is 1. The van der Waals surface area contributed by atoms with Gasteiger partial charge in [0, 0.05) is 26.6 Å². The highest BCUT2D eigenvalue weighted by atomic mass is 16.6. The number of benzene rings is 1. The van der Waals surface area contributed by atoms with Crippen LogP contribution in [0.5, 0.6) is 11.5 Å². The molecule has 1 spiro atoms. The molecule has 0 saturated carbocycles. The summed E-state index contributed by atoms with van der Waals surface area (Å²) in [5.41, 5.74) is 4.12. The Hall–Kier alpha value is -1.78. The van der Waals surface area contributed by atoms with E-state index in [1.165, 1.54) is 16.7 Å². The third-order valence-corrected chi connectivity index (χ3v) is 5.70. The van der Waals surface area contributed by atoms with Gasteiger partial charge in [-0.25, -0.2) is 0 Å². The van der Waals surface area contributed by atoms with Crippen LogP contribution in [0, 0.1) is 0 Å². The zero-order valence-corrected chi connectivity index (χ0v) is 13.4. The second kappa shape index (κ2) is 4.86. The summed E-state index contributed by atoms with van der Waals surface area (Å²) < 4.78 is 17.3. The molecule has 0 aromatic heterocycles. The molecule has 2 atom stereocenters. The van der Waals surface area contributed by atoms with Crippen LogP contribution in [0.15, 0.2) is 35.9 Å². The van der Waals surface area contributed by atoms with Crippen molar-refractivity contribution in [2.24, 2.45) is 0 Å². The van der Waals surface area contributed by atoms with Crippen LogP contribution in [0.4, 0.5) is 0 Å². The minimum atomic E-state index is -0.0567. The van der Waals surface area contributed by atoms with Crippen molar-refractivity contribution in [3.05, 3.63) is 47.1 Å². The quantitative estimate of drug-likeness (QED) is 0.797. The molecule has 0 bridgehead atoms. The molecule has 0 saturated heterocycles. The van der Waals surface area contributed by atoms with E-state index in [0.29, 0.717) is 13.2 Å². The normalized spacial score (nSPS) is 31.2. The van der Waals surface area contributed by atoms with Crippen LogP contribution in [0.1, 0.15) is 17.5 Å². The number of ether oxygens (including phenoxy) is 3. The van der Waals surface area contributed by atoms with Gasteiger partial charge in [-0.05, 0) is 35.3 Å². The zero-order valence-electron chi connectivity index (χ0n) is 13.4. The maximum absolute atomic E-state index is 5.86. The van der Waals surface area contributed by atoms with Gasteiger partial charge >= 0.3 is 0 Å². The molecule has 1 aromatic carbocycles. The van der Waals surface area contributed by atoms with E-state index in [2.05, 4.69) is 35.3 Å². The Kier molecular flexibility index (Phi) is 2.88. The van der Waals surface area contributed by atoms with Crippen LogP contribution in [-0.2, 0) is 16.7 Å². The second-order valence-corrected chi connectivity index (χ2v) is 6.71. The highest BCUT2D eigenvalue weighted by molar-refractivity contribution is 5.57. The maximum atomic E-state index is 5.86. The highest BCUT2D eigenvalue weighted by Crippen LogP contribution is 2.52. The molecule has 0 amide bonds. The lowest BCUT2D eigenvalue weighted by Crippen LogP contribution is -2.51. The molecule has 1 aliphatic carbocycles. The number of fused-ring (bicyclic) bond motifs is 2. The SMILES string of the molecule is CO[C@H]1C=CC2=CCN3CCc4cc5c(cc4[C@]23C1)OCCO5. The van der Waals surface area contributed by atoms with E-state index in [0.717, 1.165) is 37.4 Å². The molecule has 0 unspecified atom stereocenters. The predicted octanol–water partition coefficient (Wildman–Crippen LogP) is 2.43. The Balaban J connectivity index is 1.70. The largest absolute Gasteiger partial charge is 0.486 e. The zero-order chi connectivity index (χ0) is 15.4. The third kappa shape index (κ3) is 1.79. The fourth-order valence-electron chi connectivity index (χ4n) is 4.60. The lowest BCUT2D eigenvalue weighted by molar-refractivity contribution is 0.0510. The molecule has 23 heavy (non-hydrogen) atoms. The van der Waals surface area contributed by atoms with Crippen LogP contribution >= 0.6 is 0 Å². The summed E-state index contributed by atoms with van der Waals surface area (Å²) in [6.07, 6.45) is 9.01. The average molecular weight is 311 g/mol. The summed E-state index contributed by atoms with van der Waals surface area (Å²) in [5.74, 6) is 1.79. The van der Waals surface area contributed by atoms with E-state index in [4.69, 9.17) is 14.2 Å². The first-order valence-corrected chi connectivity index (χ1v) is 8.41. The number of hydrogen-bond donors (Lipinski definition) is 0. The number of methoxy groups -OCH3 is 1. The maximum Gasteiger partial charge on any atom is 0.161 e. The van der Waals surface area contributed by atoms with Crippen molar-refractivity contribution < 1.29 is 14.2 Å². The van der Waals surface area contributed by atoms with Crippen LogP contribution in [0.25, 0.3) is 0 Å². The molecule has 4 aliphatic rings. The van der Waals surface area contributed by atoms with Gasteiger partial charge in [-0.2, -0.15) is 0 Å². The predicted molar refractivity (Wildman–Crippen MR) is 87.0 cm³/mol. The number of hydrogen-bond acceptors (Lipinski definition) is 4. The topological polar surface area (TPSA) is 30.9 Å². The van der Waals surface area contributed by atoms with Crippen molar-refractivity contribution in [1.82, 2.24) is 4.90 Å². The molecule has 120 valence electrons. The summed E-state index contributed by atoms with van der Waals surface area (Å²) >= 11 is 0. The Morgan fingerprint density at radius 3 is 2.87 bits per heavy atom. The third-order valence-electron chi connectivity index (χ3n) is 5.70. The summed E-state index contributed by atoms with van der Waals surface area (Å²) in [7, 11) is 1.80. The van der Waals surface area contributed by atoms with E-state index in [1.54, 1.807) is 7.11 Å². The van der Waals surface area contributed by atoms with E-state index >= 15 is 0 Å². The molecule has 5 rings (SSSR count). The first-order chi connectivity index (χ1) is 11.3. The van der Waals surface area contributed by atoms with Crippen LogP contribution in [0.3, 0.4) is 0 Å². The highest BCUT2D eigenvalue weighted by Gasteiger charge is 2.50. The van der Waals surface area contributed by atoms with Gasteiger partial charge in [0.15, 0.2) is 11.5 Å². The van der Waals surface area contributed by atoms with Gasteiger partial charge in [0.25, 0.3) is 0 Å². The second-order valence-electron chi connectivity index (χ2n) is 6.71. The van der Waals surface area contributed by atoms with Gasteiger partial charge in [0.1, 0.15) is 13.2 Å². The molecule has 0 radical (unpaired) electrons. The van der Waals surface area contributed by atoms with Crippen molar-refractivity contribution in [3.63, 3.8) is 0 Å². The van der Waals surface area contributed by atoms with E-state index in [9.17, 15) is 0 Å². The summed E-state index contributed by atoms with van der Waals surface area (Å²) in [4.78, 5) is 2.59. The molecule has 3 heterocycles. The van der Waals surface area contributed by atoms with E-state index < -0.39 is 0 Å². The van der Waals surface area contributed by atoms with Crippen molar-refractivity contribution in [2.75, 3.05) is 33.4 Å². The van der Waals surface area contributed by atoms with Crippen molar-refractivity contribution in [1.29, 1.82) is 0 Å². The molecule has 1 aromatic rings. The molecule has 0 N–H and O–H groups in total. The molecule has 4 heteroatoms. The fourth-order valence-corrected chi connectivity index (χ4v) is 4.60. The van der Waals surface area contributed by atoms with Crippen LogP contribution in [-0.4, -0.2) is 44.4 Å². The molecule has 3 aliphatic heterocycles. The van der Waals surface area contributed by atoms with Gasteiger partial charge in [0.2, 0.25) is 0 Å². The molecule has 0 fully saturated rings. The van der Waals surface area contributed by atoms with Gasteiger partial charge < -0.3 is 14.2 Å². The Bertz CT molecular complexity index is 724. The number of nitrogens with zero attached hydrogens (tertiary/aromatic N) is 1. The molecular formula is C19H21NO3. The standard InChI is InChI=1S/C19H21NO3/c1-21-15-3-2-14-5-7-20-6-4-13-10-17-18(23-9-8-22-17)11-16(13)19(14,20)12-15/h2-3,5,10-11,15H,4,6-9,12H2,1H3/t15-,19-/m0/s1. The Labute approximate surface area is 136 Å². The van der Waals surface area contributed by atoms with Gasteiger partial charge in [-0.15, -0.1) is 0 Å². The van der Waals surface area contributed by atoms with Crippen molar-refractivity contribution in [3.8, 4) is 11.5 Å². The summed E-state index contributed by atoms with van der Waals surface area (Å²) in [6, 6.07) is 4.42. The van der Waals surface area contributed by atoms with Gasteiger partial charge in [-0.1, -0.05) is 18.2 Å². The van der Waals surface area contributed by atoms with Crippen molar-refractivity contribution in [2.45, 2.75) is 24.5 Å². The fraction of sp³-hybridized carbons (Fsp3) is 0.474. The van der Waals surface area contributed by atoms with Gasteiger partial charge in [-0.3, -0.25) is 4.90 Å². The van der Waals surface area contributed by atoms with E-state index in [-0.39, 0.29) is 11.6 Å². The molecular weight excluding hydrogens is 290 g/mol. The first-order valence-electron chi connectivity index (χ1n) is 8.41. The monoisotopic (exact) mass is 311 g/mol. The lowest BCUT2D eigenvalue weighted by Gasteiger charge is -2.48. The average Bonchev–Trinajstić information content (AvgIpc) is 2.99. The van der Waals surface area contributed by atoms with Gasteiger partial charge in [0.05, 0.1) is 11.6 Å².